The fraction of sp³-hybridized carbons (Fsp3) is 0.690. The van der Waals surface area contributed by atoms with Gasteiger partial charge in [-0.2, -0.15) is 0 Å². The highest BCUT2D eigenvalue weighted by Crippen LogP contribution is 2.15. The quantitative estimate of drug-likeness (QED) is 0.213. The Bertz CT molecular complexity index is 739. The third kappa shape index (κ3) is 20.9. The molecule has 0 fully saturated rings. The van der Waals surface area contributed by atoms with Crippen molar-refractivity contribution >= 4 is 17.7 Å². The van der Waals surface area contributed by atoms with Crippen molar-refractivity contribution in [1.82, 2.24) is 15.2 Å². The standard InChI is InChI=1S/C21H36N4O3.C5H12.C3H6/c1-5-13-25(15-12-19(21(27)28)23-16(3)26)14-8-7-9-18-11-10-17(6-2)20(22-4)24-18;1-5(2,3)4;1-3-2/h10-11,19H,5-9,12-15H2,1-4H3,(H,22,24)(H,23,26)(H,27,28);1-4H3;3H,1H2,2H3. The van der Waals surface area contributed by atoms with E-state index in [-0.39, 0.29) is 5.91 Å². The molecule has 1 unspecified atom stereocenters. The molecule has 0 saturated heterocycles. The minimum Gasteiger partial charge on any atom is -0.480 e. The summed E-state index contributed by atoms with van der Waals surface area (Å²) in [5.41, 5.74) is 2.83. The van der Waals surface area contributed by atoms with Gasteiger partial charge in [-0.25, -0.2) is 9.78 Å². The third-order valence-corrected chi connectivity index (χ3v) is 4.76. The second-order valence-corrected chi connectivity index (χ2v) is 10.5. The zero-order valence-corrected chi connectivity index (χ0v) is 24.5. The topological polar surface area (TPSA) is 94.6 Å². The number of unbranched alkanes of at least 4 members (excludes halogenated alkanes) is 1. The van der Waals surface area contributed by atoms with Crippen molar-refractivity contribution in [3.8, 4) is 0 Å². The molecule has 0 saturated carbocycles. The fourth-order valence-corrected chi connectivity index (χ4v) is 3.28. The number of carbonyl (C=O) groups is 2. The van der Waals surface area contributed by atoms with Crippen molar-refractivity contribution in [3.63, 3.8) is 0 Å². The maximum atomic E-state index is 11.3. The van der Waals surface area contributed by atoms with Crippen LogP contribution in [0.1, 0.15) is 92.3 Å². The molecule has 0 spiro atoms. The maximum absolute atomic E-state index is 11.3. The van der Waals surface area contributed by atoms with Gasteiger partial charge in [-0.15, -0.1) is 6.58 Å². The van der Waals surface area contributed by atoms with Crippen LogP contribution < -0.4 is 10.6 Å². The number of aliphatic carboxylic acids is 1. The molecule has 1 aromatic rings. The van der Waals surface area contributed by atoms with Crippen LogP contribution in [0.3, 0.4) is 0 Å². The van der Waals surface area contributed by atoms with Crippen molar-refractivity contribution in [2.45, 2.75) is 100.0 Å². The van der Waals surface area contributed by atoms with E-state index in [1.165, 1.54) is 12.5 Å². The van der Waals surface area contributed by atoms with Crippen LogP contribution >= 0.6 is 0 Å². The Morgan fingerprint density at radius 2 is 1.72 bits per heavy atom. The van der Waals surface area contributed by atoms with Crippen LogP contribution in [0.5, 0.6) is 0 Å². The van der Waals surface area contributed by atoms with Gasteiger partial charge < -0.3 is 20.6 Å². The monoisotopic (exact) mass is 506 g/mol. The molecule has 1 amide bonds. The van der Waals surface area contributed by atoms with E-state index in [4.69, 9.17) is 4.98 Å². The SMILES string of the molecule is C=CC.CC(C)(C)C.CCCN(CCCCc1ccc(CC)c(NC)n1)CCC(NC(C)=O)C(=O)O. The molecule has 0 aliphatic rings. The van der Waals surface area contributed by atoms with E-state index in [9.17, 15) is 14.7 Å². The number of nitrogens with one attached hydrogen (secondary N) is 2. The van der Waals surface area contributed by atoms with E-state index in [2.05, 4.69) is 75.8 Å². The normalized spacial score (nSPS) is 11.4. The summed E-state index contributed by atoms with van der Waals surface area (Å²) in [7, 11) is 1.90. The van der Waals surface area contributed by atoms with Crippen LogP contribution in [0.25, 0.3) is 0 Å². The maximum Gasteiger partial charge on any atom is 0.326 e. The predicted octanol–water partition coefficient (Wildman–Crippen LogP) is 5.94. The van der Waals surface area contributed by atoms with Crippen LogP contribution in [0.4, 0.5) is 5.82 Å². The molecule has 1 aromatic heterocycles. The molecule has 7 heteroatoms. The van der Waals surface area contributed by atoms with E-state index in [0.717, 1.165) is 56.7 Å². The number of hydrogen-bond donors (Lipinski definition) is 3. The lowest BCUT2D eigenvalue weighted by Crippen LogP contribution is -2.42. The van der Waals surface area contributed by atoms with Crippen LogP contribution in [0.2, 0.25) is 0 Å². The van der Waals surface area contributed by atoms with E-state index >= 15 is 0 Å². The first-order chi connectivity index (χ1) is 16.8. The number of pyridine rings is 1. The molecular formula is C29H54N4O3. The second-order valence-electron chi connectivity index (χ2n) is 10.5. The molecule has 0 aliphatic carbocycles. The number of carboxylic acids is 1. The zero-order valence-electron chi connectivity index (χ0n) is 24.5. The highest BCUT2D eigenvalue weighted by atomic mass is 16.4. The van der Waals surface area contributed by atoms with Gasteiger partial charge in [0.25, 0.3) is 0 Å². The largest absolute Gasteiger partial charge is 0.480 e. The summed E-state index contributed by atoms with van der Waals surface area (Å²) in [5, 5.41) is 14.9. The van der Waals surface area contributed by atoms with Crippen molar-refractivity contribution in [3.05, 3.63) is 36.0 Å². The molecule has 208 valence electrons. The van der Waals surface area contributed by atoms with E-state index in [1.807, 2.05) is 14.0 Å². The Labute approximate surface area is 221 Å². The summed E-state index contributed by atoms with van der Waals surface area (Å²) in [5.74, 6) is -0.323. The Kier molecular flexibility index (Phi) is 20.6. The van der Waals surface area contributed by atoms with Crippen LogP contribution in [-0.4, -0.2) is 59.6 Å². The Balaban J connectivity index is 0. The Morgan fingerprint density at radius 1 is 1.14 bits per heavy atom. The minimum atomic E-state index is -0.978. The zero-order chi connectivity index (χ0) is 28.1. The summed E-state index contributed by atoms with van der Waals surface area (Å²) in [6, 6.07) is 3.43. The first-order valence-corrected chi connectivity index (χ1v) is 13.3. The number of aryl methyl sites for hydroxylation is 2. The van der Waals surface area contributed by atoms with Gasteiger partial charge in [0, 0.05) is 26.2 Å². The summed E-state index contributed by atoms with van der Waals surface area (Å²) >= 11 is 0. The third-order valence-electron chi connectivity index (χ3n) is 4.76. The molecule has 3 N–H and O–H groups in total. The number of hydrogen-bond acceptors (Lipinski definition) is 5. The van der Waals surface area contributed by atoms with Gasteiger partial charge in [0.2, 0.25) is 5.91 Å². The van der Waals surface area contributed by atoms with Gasteiger partial charge in [0.05, 0.1) is 0 Å². The Morgan fingerprint density at radius 3 is 2.17 bits per heavy atom. The molecule has 0 radical (unpaired) electrons. The number of allylic oxidation sites excluding steroid dienone is 1. The number of carboxylic acid groups (broad SMARTS) is 1. The molecule has 1 heterocycles. The van der Waals surface area contributed by atoms with Crippen molar-refractivity contribution in [2.24, 2.45) is 5.41 Å². The predicted molar refractivity (Wildman–Crippen MR) is 154 cm³/mol. The highest BCUT2D eigenvalue weighted by Gasteiger charge is 2.19. The van der Waals surface area contributed by atoms with Gasteiger partial charge in [-0.3, -0.25) is 4.79 Å². The minimum absolute atomic E-state index is 0.308. The van der Waals surface area contributed by atoms with Gasteiger partial charge >= 0.3 is 5.97 Å². The first kappa shape index (κ1) is 35.8. The molecular weight excluding hydrogens is 452 g/mol. The number of rotatable bonds is 14. The average molecular weight is 507 g/mol. The van der Waals surface area contributed by atoms with Gasteiger partial charge in [0.15, 0.2) is 0 Å². The first-order valence-electron chi connectivity index (χ1n) is 13.3. The van der Waals surface area contributed by atoms with E-state index in [1.54, 1.807) is 6.08 Å². The lowest BCUT2D eigenvalue weighted by molar-refractivity contribution is -0.141. The van der Waals surface area contributed by atoms with Crippen molar-refractivity contribution in [1.29, 1.82) is 0 Å². The van der Waals surface area contributed by atoms with Crippen LogP contribution in [0.15, 0.2) is 24.8 Å². The summed E-state index contributed by atoms with van der Waals surface area (Å²) in [6.45, 7) is 22.1. The number of amides is 1. The van der Waals surface area contributed by atoms with E-state index in [0.29, 0.717) is 18.4 Å². The van der Waals surface area contributed by atoms with Crippen LogP contribution in [-0.2, 0) is 22.4 Å². The molecule has 36 heavy (non-hydrogen) atoms. The average Bonchev–Trinajstić information content (AvgIpc) is 2.78. The van der Waals surface area contributed by atoms with Crippen LogP contribution in [0, 0.1) is 5.41 Å². The number of aromatic nitrogens is 1. The molecule has 1 atom stereocenters. The van der Waals surface area contributed by atoms with Gasteiger partial charge in [-0.1, -0.05) is 53.7 Å². The molecule has 0 aliphatic heterocycles. The molecule has 0 bridgehead atoms. The van der Waals surface area contributed by atoms with Crippen molar-refractivity contribution < 1.29 is 14.7 Å². The second kappa shape index (κ2) is 20.7. The molecule has 1 rings (SSSR count). The summed E-state index contributed by atoms with van der Waals surface area (Å²) in [6.07, 6.45) is 7.15. The summed E-state index contributed by atoms with van der Waals surface area (Å²) in [4.78, 5) is 29.4. The number of nitrogens with zero attached hydrogens (tertiary/aromatic N) is 2. The Hall–Kier alpha value is -2.41. The van der Waals surface area contributed by atoms with E-state index < -0.39 is 12.0 Å². The van der Waals surface area contributed by atoms with Gasteiger partial charge in [0.1, 0.15) is 11.9 Å². The summed E-state index contributed by atoms with van der Waals surface area (Å²) < 4.78 is 0. The lowest BCUT2D eigenvalue weighted by Gasteiger charge is -2.23. The highest BCUT2D eigenvalue weighted by molar-refractivity contribution is 5.82. The smallest absolute Gasteiger partial charge is 0.326 e. The van der Waals surface area contributed by atoms with Crippen molar-refractivity contribution in [2.75, 3.05) is 32.0 Å². The number of carbonyl (C=O) groups excluding carboxylic acids is 1. The molecule has 0 aromatic carbocycles. The van der Waals surface area contributed by atoms with Gasteiger partial charge in [-0.05, 0) is 75.6 Å². The number of anilines is 1. The lowest BCUT2D eigenvalue weighted by atomic mass is 10.0. The fourth-order valence-electron chi connectivity index (χ4n) is 3.28. The molecule has 7 nitrogen and oxygen atoms in total.